The molecule has 10 N–H and O–H groups in total. The summed E-state index contributed by atoms with van der Waals surface area (Å²) < 4.78 is 0. The molecule has 0 aromatic heterocycles. The Bertz CT molecular complexity index is 1380. The number of aliphatic carboxylic acids is 1. The first-order chi connectivity index (χ1) is 24.0. The molecule has 1 fully saturated rings. The second kappa shape index (κ2) is 20.3. The number of carbonyl (C=O) groups is 7. The number of rotatable bonds is 20. The van der Waals surface area contributed by atoms with Crippen LogP contribution >= 0.6 is 0 Å². The zero-order valence-electron chi connectivity index (χ0n) is 30.1. The minimum Gasteiger partial charge on any atom is -0.480 e. The van der Waals surface area contributed by atoms with Gasteiger partial charge in [-0.25, -0.2) is 4.79 Å². The Balaban J connectivity index is 2.36. The number of hydrogen-bond acceptors (Lipinski definition) is 9. The van der Waals surface area contributed by atoms with Crippen molar-refractivity contribution in [3.63, 3.8) is 0 Å². The number of amides is 6. The molecule has 16 heteroatoms. The van der Waals surface area contributed by atoms with Gasteiger partial charge in [-0.2, -0.15) is 0 Å². The fourth-order valence-electron chi connectivity index (χ4n) is 5.74. The molecule has 1 aromatic rings. The van der Waals surface area contributed by atoms with Gasteiger partial charge < -0.3 is 47.8 Å². The summed E-state index contributed by atoms with van der Waals surface area (Å²) in [6.07, 6.45) is 0.0256. The molecular formula is C35H55N7O9. The van der Waals surface area contributed by atoms with E-state index in [2.05, 4.69) is 21.3 Å². The minimum atomic E-state index is -1.38. The van der Waals surface area contributed by atoms with Crippen LogP contribution in [0.25, 0.3) is 0 Å². The molecule has 1 saturated heterocycles. The maximum atomic E-state index is 13.9. The average molecular weight is 718 g/mol. The number of hydrogen-bond donors (Lipinski definition) is 8. The van der Waals surface area contributed by atoms with Gasteiger partial charge in [-0.3, -0.25) is 28.8 Å². The number of carboxylic acid groups (broad SMARTS) is 1. The van der Waals surface area contributed by atoms with Crippen LogP contribution in [0.3, 0.4) is 0 Å². The van der Waals surface area contributed by atoms with Gasteiger partial charge in [0.2, 0.25) is 35.4 Å². The standard InChI is InChI=1S/C35H55N7O9/c1-6-19(3)28(33(48)41-29(35(50)51)20(4)7-2)40-30(45)23(15-16-26(36)44)38-31(46)24(18-22-12-9-8-10-13-22)39-32(47)25-14-11-17-42(25)34(49)27(37)21(5)43/h8-10,12-13,19-21,23-25,27-29,43H,6-7,11,14-18,37H2,1-5H3,(H2,36,44)(H,38,46)(H,39,47)(H,40,45)(H,41,48)(H,50,51)/t19-,20-,21+,23-,24-,25-,27-,28-,29-/m0/s1. The first kappa shape index (κ1) is 42.6. The minimum absolute atomic E-state index is 0.000512. The van der Waals surface area contributed by atoms with E-state index in [1.54, 1.807) is 58.0 Å². The molecule has 0 bridgehead atoms. The summed E-state index contributed by atoms with van der Waals surface area (Å²) in [5, 5.41) is 30.0. The van der Waals surface area contributed by atoms with Crippen LogP contribution in [0.15, 0.2) is 30.3 Å². The van der Waals surface area contributed by atoms with Crippen molar-refractivity contribution in [3.05, 3.63) is 35.9 Å². The van der Waals surface area contributed by atoms with Gasteiger partial charge in [0, 0.05) is 19.4 Å². The highest BCUT2D eigenvalue weighted by atomic mass is 16.4. The Morgan fingerprint density at radius 2 is 1.41 bits per heavy atom. The molecule has 1 aliphatic rings. The third kappa shape index (κ3) is 12.6. The number of likely N-dealkylation sites (tertiary alicyclic amines) is 1. The van der Waals surface area contributed by atoms with Crippen molar-refractivity contribution in [2.45, 2.75) is 122 Å². The number of aliphatic hydroxyl groups excluding tert-OH is 1. The molecule has 16 nitrogen and oxygen atoms in total. The van der Waals surface area contributed by atoms with Gasteiger partial charge in [0.15, 0.2) is 0 Å². The summed E-state index contributed by atoms with van der Waals surface area (Å²) in [6.45, 7) is 8.57. The smallest absolute Gasteiger partial charge is 0.326 e. The first-order valence-electron chi connectivity index (χ1n) is 17.5. The van der Waals surface area contributed by atoms with Crippen molar-refractivity contribution in [2.24, 2.45) is 23.3 Å². The molecule has 6 amide bonds. The zero-order valence-corrected chi connectivity index (χ0v) is 30.1. The van der Waals surface area contributed by atoms with Gasteiger partial charge in [0.05, 0.1) is 6.10 Å². The maximum absolute atomic E-state index is 13.9. The molecule has 0 radical (unpaired) electrons. The van der Waals surface area contributed by atoms with Crippen molar-refractivity contribution >= 4 is 41.4 Å². The first-order valence-corrected chi connectivity index (χ1v) is 17.5. The number of nitrogens with two attached hydrogens (primary N) is 2. The van der Waals surface area contributed by atoms with Crippen molar-refractivity contribution < 1.29 is 43.8 Å². The Hall–Kier alpha value is -4.57. The van der Waals surface area contributed by atoms with Gasteiger partial charge in [0.1, 0.15) is 36.3 Å². The third-order valence-corrected chi connectivity index (χ3v) is 9.44. The Labute approximate surface area is 298 Å². The van der Waals surface area contributed by atoms with E-state index >= 15 is 0 Å². The molecular weight excluding hydrogens is 662 g/mol. The summed E-state index contributed by atoms with van der Waals surface area (Å²) in [4.78, 5) is 92.6. The summed E-state index contributed by atoms with van der Waals surface area (Å²) in [5.74, 6) is -6.35. The lowest BCUT2D eigenvalue weighted by atomic mass is 9.95. The number of carbonyl (C=O) groups excluding carboxylic acids is 6. The van der Waals surface area contributed by atoms with E-state index in [9.17, 15) is 43.8 Å². The highest BCUT2D eigenvalue weighted by Gasteiger charge is 2.39. The van der Waals surface area contributed by atoms with Crippen LogP contribution in [0.5, 0.6) is 0 Å². The van der Waals surface area contributed by atoms with E-state index in [1.165, 1.54) is 11.8 Å². The van der Waals surface area contributed by atoms with Crippen LogP contribution < -0.4 is 32.7 Å². The molecule has 284 valence electrons. The number of carboxylic acids is 1. The van der Waals surface area contributed by atoms with Gasteiger partial charge >= 0.3 is 5.97 Å². The van der Waals surface area contributed by atoms with Crippen molar-refractivity contribution in [1.29, 1.82) is 0 Å². The normalized spacial score (nSPS) is 18.9. The van der Waals surface area contributed by atoms with Crippen LogP contribution in [-0.4, -0.2) is 105 Å². The predicted octanol–water partition coefficient (Wildman–Crippen LogP) is -0.690. The van der Waals surface area contributed by atoms with Gasteiger partial charge in [-0.1, -0.05) is 70.9 Å². The van der Waals surface area contributed by atoms with Crippen LogP contribution in [0.4, 0.5) is 0 Å². The number of primary amides is 1. The summed E-state index contributed by atoms with van der Waals surface area (Å²) in [6, 6.07) is 1.57. The Kier molecular flexibility index (Phi) is 17.0. The number of benzene rings is 1. The lowest BCUT2D eigenvalue weighted by Gasteiger charge is -2.30. The van der Waals surface area contributed by atoms with E-state index in [4.69, 9.17) is 11.5 Å². The lowest BCUT2D eigenvalue weighted by molar-refractivity contribution is -0.144. The second-order valence-corrected chi connectivity index (χ2v) is 13.4. The number of nitrogens with one attached hydrogen (secondary N) is 4. The summed E-state index contributed by atoms with van der Waals surface area (Å²) in [7, 11) is 0. The van der Waals surface area contributed by atoms with Gasteiger partial charge in [-0.05, 0) is 43.6 Å². The molecule has 0 aliphatic carbocycles. The fraction of sp³-hybridized carbons (Fsp3) is 0.629. The molecule has 1 heterocycles. The quantitative estimate of drug-likeness (QED) is 0.0842. The lowest BCUT2D eigenvalue weighted by Crippen LogP contribution is -2.60. The van der Waals surface area contributed by atoms with Crippen molar-refractivity contribution in [1.82, 2.24) is 26.2 Å². The van der Waals surface area contributed by atoms with E-state index in [0.717, 1.165) is 0 Å². The van der Waals surface area contributed by atoms with E-state index in [-0.39, 0.29) is 25.8 Å². The molecule has 9 atom stereocenters. The monoisotopic (exact) mass is 717 g/mol. The molecule has 0 spiro atoms. The third-order valence-electron chi connectivity index (χ3n) is 9.44. The van der Waals surface area contributed by atoms with Crippen molar-refractivity contribution in [2.75, 3.05) is 6.54 Å². The van der Waals surface area contributed by atoms with E-state index in [0.29, 0.717) is 31.2 Å². The van der Waals surface area contributed by atoms with Gasteiger partial charge in [0.25, 0.3) is 0 Å². The summed E-state index contributed by atoms with van der Waals surface area (Å²) in [5.41, 5.74) is 11.9. The SMILES string of the molecule is CC[C@H](C)[C@H](NC(=O)[C@@H](NC(=O)[C@H](CCC(N)=O)NC(=O)[C@H](Cc1ccccc1)NC(=O)[C@@H]1CCCN1C(=O)[C@@H](N)[C@@H](C)O)[C@@H](C)CC)C(=O)O. The molecule has 51 heavy (non-hydrogen) atoms. The van der Waals surface area contributed by atoms with Crippen LogP contribution in [0.1, 0.15) is 78.7 Å². The highest BCUT2D eigenvalue weighted by molar-refractivity contribution is 5.97. The fourth-order valence-corrected chi connectivity index (χ4v) is 5.74. The number of aliphatic hydroxyl groups is 1. The second-order valence-electron chi connectivity index (χ2n) is 13.4. The Morgan fingerprint density at radius 3 is 1.96 bits per heavy atom. The van der Waals surface area contributed by atoms with Crippen LogP contribution in [0, 0.1) is 11.8 Å². The molecule has 0 unspecified atom stereocenters. The van der Waals surface area contributed by atoms with Crippen LogP contribution in [0.2, 0.25) is 0 Å². The summed E-state index contributed by atoms with van der Waals surface area (Å²) >= 11 is 0. The Morgan fingerprint density at radius 1 is 0.843 bits per heavy atom. The van der Waals surface area contributed by atoms with Crippen LogP contribution in [-0.2, 0) is 40.0 Å². The van der Waals surface area contributed by atoms with E-state index in [1.807, 2.05) is 0 Å². The molecule has 0 saturated carbocycles. The van der Waals surface area contributed by atoms with E-state index < -0.39 is 95.6 Å². The average Bonchev–Trinajstić information content (AvgIpc) is 3.60. The van der Waals surface area contributed by atoms with Crippen molar-refractivity contribution in [3.8, 4) is 0 Å². The van der Waals surface area contributed by atoms with Gasteiger partial charge in [-0.15, -0.1) is 0 Å². The predicted molar refractivity (Wildman–Crippen MR) is 187 cm³/mol. The molecule has 2 rings (SSSR count). The molecule has 1 aliphatic heterocycles. The molecule has 1 aromatic carbocycles. The topological polar surface area (TPSA) is 263 Å². The zero-order chi connectivity index (χ0) is 38.4. The number of nitrogens with zero attached hydrogens (tertiary/aromatic N) is 1. The highest BCUT2D eigenvalue weighted by Crippen LogP contribution is 2.20. The largest absolute Gasteiger partial charge is 0.480 e. The maximum Gasteiger partial charge on any atom is 0.326 e.